The summed E-state index contributed by atoms with van der Waals surface area (Å²) in [7, 11) is 1.75. The van der Waals surface area contributed by atoms with E-state index in [1.807, 2.05) is 0 Å². The molecule has 0 aliphatic carbocycles. The van der Waals surface area contributed by atoms with Crippen molar-refractivity contribution in [2.45, 2.75) is 95.9 Å². The first-order valence-electron chi connectivity index (χ1n) is 9.25. The van der Waals surface area contributed by atoms with Crippen molar-refractivity contribution >= 4 is 5.97 Å². The summed E-state index contributed by atoms with van der Waals surface area (Å²) >= 11 is 0. The molecule has 1 aliphatic rings. The lowest BCUT2D eigenvalue weighted by molar-refractivity contribution is -0.137. The Labute approximate surface area is 141 Å². The fourth-order valence-electron chi connectivity index (χ4n) is 2.89. The maximum absolute atomic E-state index is 10.4. The second kappa shape index (κ2) is 12.5. The van der Waals surface area contributed by atoms with E-state index in [2.05, 4.69) is 19.1 Å². The number of unbranched alkanes of at least 4 members (excludes halogenated alkanes) is 7. The molecule has 134 valence electrons. The number of hydrogen-bond donors (Lipinski definition) is 1. The summed E-state index contributed by atoms with van der Waals surface area (Å²) in [5.41, 5.74) is 0. The van der Waals surface area contributed by atoms with Crippen molar-refractivity contribution < 1.29 is 19.4 Å². The van der Waals surface area contributed by atoms with Crippen LogP contribution in [0.2, 0.25) is 0 Å². The van der Waals surface area contributed by atoms with Crippen molar-refractivity contribution in [1.82, 2.24) is 0 Å². The summed E-state index contributed by atoms with van der Waals surface area (Å²) in [6, 6.07) is 0. The van der Waals surface area contributed by atoms with E-state index in [0.29, 0.717) is 12.5 Å². The highest BCUT2D eigenvalue weighted by molar-refractivity contribution is 5.66. The third-order valence-corrected chi connectivity index (χ3v) is 4.40. The lowest BCUT2D eigenvalue weighted by Crippen LogP contribution is -2.17. The first-order valence-corrected chi connectivity index (χ1v) is 9.25. The molecule has 3 unspecified atom stereocenters. The molecule has 1 N–H and O–H groups in total. The number of carboxylic acids is 1. The summed E-state index contributed by atoms with van der Waals surface area (Å²) in [5.74, 6) is -0.686. The van der Waals surface area contributed by atoms with E-state index < -0.39 is 5.97 Å². The van der Waals surface area contributed by atoms with E-state index in [-0.39, 0.29) is 12.2 Å². The number of ether oxygens (including phenoxy) is 2. The molecular formula is C19H34O4. The molecule has 0 radical (unpaired) electrons. The molecule has 0 bridgehead atoms. The standard InChI is InChI=1S/C19H34O4/c1-3-4-10-14-17-19(23-17)16(22-2)13-11-8-6-5-7-9-12-15-18(20)21/h11,13,16-17,19H,3-10,12,14-15H2,1-2H3,(H,20,21)/b13-11+. The third-order valence-electron chi connectivity index (χ3n) is 4.40. The molecule has 1 heterocycles. The molecule has 1 fully saturated rings. The fourth-order valence-corrected chi connectivity index (χ4v) is 2.89. The van der Waals surface area contributed by atoms with Gasteiger partial charge in [-0.25, -0.2) is 0 Å². The van der Waals surface area contributed by atoms with E-state index in [4.69, 9.17) is 14.6 Å². The fraction of sp³-hybridized carbons (Fsp3) is 0.842. The molecule has 4 heteroatoms. The first-order chi connectivity index (χ1) is 11.2. The zero-order valence-electron chi connectivity index (χ0n) is 14.8. The molecule has 23 heavy (non-hydrogen) atoms. The molecule has 0 amide bonds. The molecule has 0 saturated carbocycles. The van der Waals surface area contributed by atoms with Crippen molar-refractivity contribution in [3.05, 3.63) is 12.2 Å². The lowest BCUT2D eigenvalue weighted by atomic mass is 10.1. The van der Waals surface area contributed by atoms with Gasteiger partial charge in [0.1, 0.15) is 12.2 Å². The van der Waals surface area contributed by atoms with Gasteiger partial charge in [-0.15, -0.1) is 0 Å². The quantitative estimate of drug-likeness (QED) is 0.269. The van der Waals surface area contributed by atoms with Gasteiger partial charge >= 0.3 is 5.97 Å². The molecule has 1 saturated heterocycles. The van der Waals surface area contributed by atoms with Gasteiger partial charge in [0.15, 0.2) is 0 Å². The van der Waals surface area contributed by atoms with Crippen LogP contribution in [0.1, 0.15) is 77.6 Å². The average Bonchev–Trinajstić information content (AvgIpc) is 3.28. The van der Waals surface area contributed by atoms with E-state index in [9.17, 15) is 4.79 Å². The van der Waals surface area contributed by atoms with Crippen LogP contribution < -0.4 is 0 Å². The molecule has 4 nitrogen and oxygen atoms in total. The van der Waals surface area contributed by atoms with Crippen molar-refractivity contribution in [3.8, 4) is 0 Å². The predicted octanol–water partition coefficient (Wildman–Crippen LogP) is 4.72. The highest BCUT2D eigenvalue weighted by Crippen LogP contribution is 2.32. The molecule has 0 aromatic heterocycles. The molecule has 0 aromatic rings. The second-order valence-corrected chi connectivity index (χ2v) is 6.46. The van der Waals surface area contributed by atoms with E-state index in [0.717, 1.165) is 38.5 Å². The van der Waals surface area contributed by atoms with Gasteiger partial charge in [-0.3, -0.25) is 4.79 Å². The minimum atomic E-state index is -0.686. The highest BCUT2D eigenvalue weighted by atomic mass is 16.6. The lowest BCUT2D eigenvalue weighted by Gasteiger charge is -2.07. The summed E-state index contributed by atoms with van der Waals surface area (Å²) in [4.78, 5) is 10.4. The van der Waals surface area contributed by atoms with Gasteiger partial charge in [-0.2, -0.15) is 0 Å². The topological polar surface area (TPSA) is 59.1 Å². The van der Waals surface area contributed by atoms with Crippen LogP contribution in [0.4, 0.5) is 0 Å². The van der Waals surface area contributed by atoms with Gasteiger partial charge < -0.3 is 14.6 Å². The van der Waals surface area contributed by atoms with Gasteiger partial charge in [0.05, 0.1) is 6.10 Å². The average molecular weight is 326 g/mol. The zero-order chi connectivity index (χ0) is 16.9. The molecule has 0 aromatic carbocycles. The van der Waals surface area contributed by atoms with Crippen molar-refractivity contribution in [2.24, 2.45) is 0 Å². The van der Waals surface area contributed by atoms with Gasteiger partial charge in [0.25, 0.3) is 0 Å². The minimum absolute atomic E-state index is 0.0946. The van der Waals surface area contributed by atoms with E-state index in [1.54, 1.807) is 7.11 Å². The number of allylic oxidation sites excluding steroid dienone is 1. The normalized spacial score (nSPS) is 21.7. The molecular weight excluding hydrogens is 292 g/mol. The third kappa shape index (κ3) is 9.77. The molecule has 1 rings (SSSR count). The van der Waals surface area contributed by atoms with Gasteiger partial charge in [-0.1, -0.05) is 57.6 Å². The maximum atomic E-state index is 10.4. The Morgan fingerprint density at radius 1 is 1.17 bits per heavy atom. The monoisotopic (exact) mass is 326 g/mol. The number of rotatable bonds is 15. The highest BCUT2D eigenvalue weighted by Gasteiger charge is 2.43. The van der Waals surface area contributed by atoms with Crippen LogP contribution in [-0.4, -0.2) is 36.5 Å². The summed E-state index contributed by atoms with van der Waals surface area (Å²) in [5, 5.41) is 8.56. The van der Waals surface area contributed by atoms with Crippen LogP contribution in [0.15, 0.2) is 12.2 Å². The SMILES string of the molecule is CCCCCC1OC1C(/C=C/CCCCCCCC(=O)O)OC. The van der Waals surface area contributed by atoms with Crippen LogP contribution in [0.3, 0.4) is 0 Å². The predicted molar refractivity (Wildman–Crippen MR) is 92.7 cm³/mol. The van der Waals surface area contributed by atoms with E-state index in [1.165, 1.54) is 25.7 Å². The van der Waals surface area contributed by atoms with Crippen molar-refractivity contribution in [1.29, 1.82) is 0 Å². The van der Waals surface area contributed by atoms with Crippen LogP contribution in [-0.2, 0) is 14.3 Å². The van der Waals surface area contributed by atoms with Crippen LogP contribution in [0.5, 0.6) is 0 Å². The van der Waals surface area contributed by atoms with Gasteiger partial charge in [0, 0.05) is 13.5 Å². The number of carbonyl (C=O) groups is 1. The van der Waals surface area contributed by atoms with Gasteiger partial charge in [-0.05, 0) is 25.7 Å². The molecule has 3 atom stereocenters. The molecule has 0 spiro atoms. The first kappa shape index (κ1) is 20.2. The Bertz CT molecular complexity index is 340. The van der Waals surface area contributed by atoms with Crippen molar-refractivity contribution in [2.75, 3.05) is 7.11 Å². The Hall–Kier alpha value is -0.870. The number of carboxylic acid groups (broad SMARTS) is 1. The number of epoxide rings is 1. The largest absolute Gasteiger partial charge is 0.481 e. The van der Waals surface area contributed by atoms with Crippen LogP contribution in [0, 0.1) is 0 Å². The maximum Gasteiger partial charge on any atom is 0.303 e. The number of methoxy groups -OCH3 is 1. The smallest absolute Gasteiger partial charge is 0.303 e. The summed E-state index contributed by atoms with van der Waals surface area (Å²) in [6.45, 7) is 2.22. The van der Waals surface area contributed by atoms with Gasteiger partial charge in [0.2, 0.25) is 0 Å². The van der Waals surface area contributed by atoms with Crippen molar-refractivity contribution in [3.63, 3.8) is 0 Å². The van der Waals surface area contributed by atoms with Crippen LogP contribution >= 0.6 is 0 Å². The number of aliphatic carboxylic acids is 1. The zero-order valence-corrected chi connectivity index (χ0v) is 14.8. The summed E-state index contributed by atoms with van der Waals surface area (Å²) in [6.07, 6.45) is 16.7. The summed E-state index contributed by atoms with van der Waals surface area (Å²) < 4.78 is 11.3. The van der Waals surface area contributed by atoms with Crippen LogP contribution in [0.25, 0.3) is 0 Å². The minimum Gasteiger partial charge on any atom is -0.481 e. The van der Waals surface area contributed by atoms with E-state index >= 15 is 0 Å². The molecule has 1 aliphatic heterocycles. The Morgan fingerprint density at radius 2 is 1.91 bits per heavy atom. The Morgan fingerprint density at radius 3 is 2.61 bits per heavy atom. The second-order valence-electron chi connectivity index (χ2n) is 6.46. The Kier molecular flexibility index (Phi) is 11.0. The number of hydrogen-bond acceptors (Lipinski definition) is 3. The Balaban J connectivity index is 2.01.